The number of hydrogen-bond acceptors (Lipinski definition) is 5. The van der Waals surface area contributed by atoms with Crippen LogP contribution in [0.5, 0.6) is 5.75 Å². The van der Waals surface area contributed by atoms with Gasteiger partial charge >= 0.3 is 0 Å². The minimum atomic E-state index is -0.523. The second-order valence-corrected chi connectivity index (χ2v) is 5.82. The lowest BCUT2D eigenvalue weighted by Gasteiger charge is -2.07. The number of nitrogen functional groups attached to an aromatic ring is 1. The minimum absolute atomic E-state index is 0.0346. The zero-order valence-electron chi connectivity index (χ0n) is 14.3. The molecule has 0 aliphatic rings. The fourth-order valence-electron chi connectivity index (χ4n) is 2.13. The molecule has 0 spiro atoms. The molecule has 6 nitrogen and oxygen atoms in total. The van der Waals surface area contributed by atoms with E-state index in [2.05, 4.69) is 10.6 Å². The highest BCUT2D eigenvalue weighted by molar-refractivity contribution is 6.33. The van der Waals surface area contributed by atoms with Crippen molar-refractivity contribution >= 4 is 28.9 Å². The summed E-state index contributed by atoms with van der Waals surface area (Å²) in [5.41, 5.74) is 7.59. The van der Waals surface area contributed by atoms with Crippen molar-refractivity contribution in [3.8, 4) is 11.8 Å². The summed E-state index contributed by atoms with van der Waals surface area (Å²) in [6.45, 7) is 0.582. The number of benzene rings is 2. The fraction of sp³-hybridized carbons (Fsp3) is 0.158. The van der Waals surface area contributed by atoms with Crippen LogP contribution in [0.4, 0.5) is 11.4 Å². The number of amides is 1. The monoisotopic (exact) mass is 370 g/mol. The fourth-order valence-corrected chi connectivity index (χ4v) is 2.32. The highest BCUT2D eigenvalue weighted by Gasteiger charge is 2.10. The molecule has 0 radical (unpaired) electrons. The van der Waals surface area contributed by atoms with E-state index in [4.69, 9.17) is 27.3 Å². The molecule has 2 rings (SSSR count). The van der Waals surface area contributed by atoms with E-state index in [-0.39, 0.29) is 5.57 Å². The number of methoxy groups -OCH3 is 1. The third-order valence-electron chi connectivity index (χ3n) is 3.59. The number of nitriles is 1. The van der Waals surface area contributed by atoms with Crippen molar-refractivity contribution in [3.05, 3.63) is 64.8 Å². The smallest absolute Gasteiger partial charge is 0.267 e. The van der Waals surface area contributed by atoms with Crippen molar-refractivity contribution in [3.63, 3.8) is 0 Å². The molecule has 26 heavy (non-hydrogen) atoms. The first-order valence-electron chi connectivity index (χ1n) is 7.86. The van der Waals surface area contributed by atoms with Gasteiger partial charge in [-0.1, -0.05) is 23.7 Å². The average Bonchev–Trinajstić information content (AvgIpc) is 2.65. The molecule has 2 aromatic carbocycles. The van der Waals surface area contributed by atoms with E-state index in [1.165, 1.54) is 12.3 Å². The maximum absolute atomic E-state index is 12.1. The number of nitrogens with two attached hydrogens (primary N) is 1. The summed E-state index contributed by atoms with van der Waals surface area (Å²) >= 11 is 5.91. The second-order valence-electron chi connectivity index (χ2n) is 5.41. The van der Waals surface area contributed by atoms with E-state index in [1.807, 2.05) is 30.3 Å². The Kier molecular flexibility index (Phi) is 6.89. The first-order chi connectivity index (χ1) is 12.5. The predicted octanol–water partition coefficient (Wildman–Crippen LogP) is 3.11. The molecule has 0 saturated heterocycles. The predicted molar refractivity (Wildman–Crippen MR) is 103 cm³/mol. The zero-order chi connectivity index (χ0) is 18.9. The Bertz CT molecular complexity index is 842. The van der Waals surface area contributed by atoms with E-state index >= 15 is 0 Å². The molecule has 7 heteroatoms. The Morgan fingerprint density at radius 2 is 2.04 bits per heavy atom. The Hall–Kier alpha value is -3.17. The third kappa shape index (κ3) is 5.43. The molecule has 0 atom stereocenters. The molecule has 0 heterocycles. The summed E-state index contributed by atoms with van der Waals surface area (Å²) in [6, 6.07) is 14.3. The molecule has 4 N–H and O–H groups in total. The number of anilines is 2. The van der Waals surface area contributed by atoms with Crippen molar-refractivity contribution in [2.24, 2.45) is 0 Å². The molecule has 0 aliphatic heterocycles. The van der Waals surface area contributed by atoms with E-state index < -0.39 is 5.91 Å². The first kappa shape index (κ1) is 19.2. The van der Waals surface area contributed by atoms with Crippen LogP contribution >= 0.6 is 11.6 Å². The number of hydrogen-bond donors (Lipinski definition) is 3. The Balaban J connectivity index is 1.88. The quantitative estimate of drug-likeness (QED) is 0.301. The lowest BCUT2D eigenvalue weighted by atomic mass is 10.1. The van der Waals surface area contributed by atoms with Crippen molar-refractivity contribution in [1.82, 2.24) is 5.32 Å². The maximum atomic E-state index is 12.1. The highest BCUT2D eigenvalue weighted by atomic mass is 35.5. The van der Waals surface area contributed by atoms with Gasteiger partial charge in [-0.15, -0.1) is 0 Å². The molecule has 0 aliphatic carbocycles. The third-order valence-corrected chi connectivity index (χ3v) is 3.91. The summed E-state index contributed by atoms with van der Waals surface area (Å²) in [4.78, 5) is 12.1. The van der Waals surface area contributed by atoms with E-state index in [1.54, 1.807) is 19.2 Å². The number of nitrogens with one attached hydrogen (secondary N) is 2. The molecule has 2 aromatic rings. The minimum Gasteiger partial charge on any atom is -0.497 e. The molecule has 0 unspecified atom stereocenters. The van der Waals surface area contributed by atoms with Crippen LogP contribution in [0.2, 0.25) is 5.02 Å². The van der Waals surface area contributed by atoms with Crippen LogP contribution in [0.1, 0.15) is 5.56 Å². The Morgan fingerprint density at radius 3 is 2.65 bits per heavy atom. The number of rotatable bonds is 7. The number of carbonyl (C=O) groups excluding carboxylic acids is 1. The number of nitrogens with zero attached hydrogens (tertiary/aromatic N) is 1. The van der Waals surface area contributed by atoms with Crippen molar-refractivity contribution in [2.45, 2.75) is 6.42 Å². The van der Waals surface area contributed by atoms with Gasteiger partial charge in [-0.3, -0.25) is 4.79 Å². The topological polar surface area (TPSA) is 100 Å². The van der Waals surface area contributed by atoms with Crippen molar-refractivity contribution in [2.75, 3.05) is 24.7 Å². The second kappa shape index (κ2) is 9.35. The van der Waals surface area contributed by atoms with Crippen LogP contribution in [0, 0.1) is 11.3 Å². The van der Waals surface area contributed by atoms with Crippen LogP contribution in [0.25, 0.3) is 0 Å². The van der Waals surface area contributed by atoms with Gasteiger partial charge in [0.15, 0.2) is 0 Å². The number of carbonyl (C=O) groups is 1. The van der Waals surface area contributed by atoms with Gasteiger partial charge in [0, 0.05) is 18.4 Å². The van der Waals surface area contributed by atoms with Crippen LogP contribution in [-0.4, -0.2) is 19.6 Å². The molecule has 1 amide bonds. The molecule has 0 fully saturated rings. The Labute approximate surface area is 157 Å². The van der Waals surface area contributed by atoms with Gasteiger partial charge in [-0.2, -0.15) is 5.26 Å². The summed E-state index contributed by atoms with van der Waals surface area (Å²) in [5, 5.41) is 15.1. The van der Waals surface area contributed by atoms with Crippen molar-refractivity contribution < 1.29 is 9.53 Å². The van der Waals surface area contributed by atoms with Gasteiger partial charge < -0.3 is 21.1 Å². The molecule has 0 bridgehead atoms. The van der Waals surface area contributed by atoms with Gasteiger partial charge in [0.2, 0.25) is 0 Å². The largest absolute Gasteiger partial charge is 0.497 e. The molecular formula is C19H19ClN4O2. The maximum Gasteiger partial charge on any atom is 0.267 e. The molecule has 0 saturated carbocycles. The van der Waals surface area contributed by atoms with Gasteiger partial charge in [0.1, 0.15) is 17.4 Å². The number of ether oxygens (including phenoxy) is 1. The number of halogens is 1. The summed E-state index contributed by atoms with van der Waals surface area (Å²) in [6.07, 6.45) is 2.14. The van der Waals surface area contributed by atoms with E-state index in [0.29, 0.717) is 22.9 Å². The van der Waals surface area contributed by atoms with Crippen LogP contribution in [0.15, 0.2) is 54.2 Å². The first-order valence-corrected chi connectivity index (χ1v) is 8.24. The van der Waals surface area contributed by atoms with Gasteiger partial charge in [0.05, 0.1) is 17.8 Å². The van der Waals surface area contributed by atoms with E-state index in [9.17, 15) is 4.79 Å². The molecular weight excluding hydrogens is 352 g/mol. The van der Waals surface area contributed by atoms with Crippen LogP contribution < -0.4 is 21.1 Å². The van der Waals surface area contributed by atoms with Gasteiger partial charge in [-0.05, 0) is 42.3 Å². The lowest BCUT2D eigenvalue weighted by molar-refractivity contribution is -0.112. The highest BCUT2D eigenvalue weighted by Crippen LogP contribution is 2.22. The average molecular weight is 371 g/mol. The van der Waals surface area contributed by atoms with Crippen molar-refractivity contribution in [1.29, 1.82) is 5.26 Å². The van der Waals surface area contributed by atoms with E-state index in [0.717, 1.165) is 17.7 Å². The normalized spacial score (nSPS) is 10.7. The van der Waals surface area contributed by atoms with Crippen LogP contribution in [0.3, 0.4) is 0 Å². The van der Waals surface area contributed by atoms with Crippen LogP contribution in [-0.2, 0) is 11.2 Å². The van der Waals surface area contributed by atoms with Gasteiger partial charge in [0.25, 0.3) is 5.91 Å². The molecule has 134 valence electrons. The SMILES string of the molecule is COc1ccc(CCN/C=C(/C#N)C(=O)Nc2ccc(N)c(Cl)c2)cc1. The zero-order valence-corrected chi connectivity index (χ0v) is 15.0. The molecule has 0 aromatic heterocycles. The summed E-state index contributed by atoms with van der Waals surface area (Å²) in [5.74, 6) is 0.276. The standard InChI is InChI=1S/C19H19ClN4O2/c1-26-16-5-2-13(3-6-16)8-9-23-12-14(11-21)19(25)24-15-4-7-18(22)17(20)10-15/h2-7,10,12,23H,8-9,22H2,1H3,(H,24,25)/b14-12-. The summed E-state index contributed by atoms with van der Waals surface area (Å²) in [7, 11) is 1.62. The van der Waals surface area contributed by atoms with Gasteiger partial charge in [-0.25, -0.2) is 0 Å². The Morgan fingerprint density at radius 1 is 1.31 bits per heavy atom. The lowest BCUT2D eigenvalue weighted by Crippen LogP contribution is -2.18. The summed E-state index contributed by atoms with van der Waals surface area (Å²) < 4.78 is 5.11.